The Hall–Kier alpha value is -1.80. The van der Waals surface area contributed by atoms with Crippen LogP contribution in [0.5, 0.6) is 0 Å². The lowest BCUT2D eigenvalue weighted by Crippen LogP contribution is -1.95. The SMILES string of the molecule is CS/C(=C\c1ccccc1C(C)=O)c1ccccc1. The first kappa shape index (κ1) is 13.6. The number of thioether (sulfide) groups is 1. The lowest BCUT2D eigenvalue weighted by Gasteiger charge is -2.07. The number of Topliss-reactive ketones (excluding diaryl/α,β-unsaturated/α-hetero) is 1. The first-order valence-electron chi connectivity index (χ1n) is 6.13. The van der Waals surface area contributed by atoms with E-state index in [-0.39, 0.29) is 5.78 Å². The highest BCUT2D eigenvalue weighted by atomic mass is 32.2. The van der Waals surface area contributed by atoms with Crippen LogP contribution in [0.2, 0.25) is 0 Å². The van der Waals surface area contributed by atoms with Crippen molar-refractivity contribution in [2.24, 2.45) is 0 Å². The smallest absolute Gasteiger partial charge is 0.160 e. The first-order valence-corrected chi connectivity index (χ1v) is 7.36. The standard InChI is InChI=1S/C17H16OS/c1-13(18)16-11-7-6-10-15(16)12-17(19-2)14-8-4-3-5-9-14/h3-12H,1-2H3/b17-12-. The molecule has 0 amide bonds. The molecule has 2 rings (SSSR count). The van der Waals surface area contributed by atoms with Gasteiger partial charge >= 0.3 is 0 Å². The molecular weight excluding hydrogens is 252 g/mol. The van der Waals surface area contributed by atoms with Crippen LogP contribution in [0.3, 0.4) is 0 Å². The lowest BCUT2D eigenvalue weighted by atomic mass is 10.0. The summed E-state index contributed by atoms with van der Waals surface area (Å²) >= 11 is 1.69. The Balaban J connectivity index is 2.47. The number of hydrogen-bond acceptors (Lipinski definition) is 2. The Bertz CT molecular complexity index is 600. The summed E-state index contributed by atoms with van der Waals surface area (Å²) in [5.74, 6) is 0.0976. The molecule has 0 unspecified atom stereocenters. The van der Waals surface area contributed by atoms with Gasteiger partial charge in [0.25, 0.3) is 0 Å². The van der Waals surface area contributed by atoms with Gasteiger partial charge in [-0.1, -0.05) is 54.6 Å². The van der Waals surface area contributed by atoms with E-state index in [0.29, 0.717) is 0 Å². The van der Waals surface area contributed by atoms with Gasteiger partial charge in [0, 0.05) is 10.5 Å². The maximum atomic E-state index is 11.6. The molecule has 96 valence electrons. The predicted octanol–water partition coefficient (Wildman–Crippen LogP) is 4.75. The molecule has 0 fully saturated rings. The van der Waals surface area contributed by atoms with Crippen molar-refractivity contribution in [2.75, 3.05) is 6.26 Å². The molecule has 0 N–H and O–H groups in total. The fourth-order valence-electron chi connectivity index (χ4n) is 1.95. The Morgan fingerprint density at radius 2 is 1.63 bits per heavy atom. The molecule has 2 heteroatoms. The third kappa shape index (κ3) is 3.36. The maximum Gasteiger partial charge on any atom is 0.160 e. The fraction of sp³-hybridized carbons (Fsp3) is 0.118. The van der Waals surface area contributed by atoms with E-state index >= 15 is 0 Å². The molecule has 0 aromatic heterocycles. The normalized spacial score (nSPS) is 11.4. The zero-order valence-corrected chi connectivity index (χ0v) is 11.9. The average Bonchev–Trinajstić information content (AvgIpc) is 2.46. The summed E-state index contributed by atoms with van der Waals surface area (Å²) in [5, 5.41) is 0. The van der Waals surface area contributed by atoms with E-state index in [2.05, 4.69) is 24.5 Å². The van der Waals surface area contributed by atoms with Crippen molar-refractivity contribution in [3.8, 4) is 0 Å². The van der Waals surface area contributed by atoms with Gasteiger partial charge in [-0.15, -0.1) is 11.8 Å². The molecule has 0 heterocycles. The Kier molecular flexibility index (Phi) is 4.58. The number of hydrogen-bond donors (Lipinski definition) is 0. The number of rotatable bonds is 4. The van der Waals surface area contributed by atoms with Crippen molar-refractivity contribution >= 4 is 28.5 Å². The van der Waals surface area contributed by atoms with Gasteiger partial charge < -0.3 is 0 Å². The molecule has 0 saturated carbocycles. The van der Waals surface area contributed by atoms with Crippen LogP contribution < -0.4 is 0 Å². The lowest BCUT2D eigenvalue weighted by molar-refractivity contribution is 0.101. The fourth-order valence-corrected chi connectivity index (χ4v) is 2.56. The van der Waals surface area contributed by atoms with Crippen LogP contribution in [-0.2, 0) is 0 Å². The van der Waals surface area contributed by atoms with Crippen LogP contribution in [0.4, 0.5) is 0 Å². The van der Waals surface area contributed by atoms with Gasteiger partial charge in [0.05, 0.1) is 0 Å². The first-order chi connectivity index (χ1) is 9.22. The molecule has 0 spiro atoms. The zero-order chi connectivity index (χ0) is 13.7. The molecule has 0 atom stereocenters. The molecule has 0 aliphatic heterocycles. The van der Waals surface area contributed by atoms with Crippen molar-refractivity contribution < 1.29 is 4.79 Å². The Labute approximate surface area is 118 Å². The van der Waals surface area contributed by atoms with E-state index < -0.39 is 0 Å². The maximum absolute atomic E-state index is 11.6. The van der Waals surface area contributed by atoms with Gasteiger partial charge in [0.15, 0.2) is 5.78 Å². The van der Waals surface area contributed by atoms with Crippen molar-refractivity contribution in [1.29, 1.82) is 0 Å². The van der Waals surface area contributed by atoms with Crippen LogP contribution >= 0.6 is 11.8 Å². The zero-order valence-electron chi connectivity index (χ0n) is 11.1. The van der Waals surface area contributed by atoms with Crippen LogP contribution in [0, 0.1) is 0 Å². The molecule has 0 saturated heterocycles. The minimum atomic E-state index is 0.0976. The molecule has 0 aliphatic carbocycles. The van der Waals surface area contributed by atoms with E-state index in [0.717, 1.165) is 16.0 Å². The summed E-state index contributed by atoms with van der Waals surface area (Å²) in [6, 6.07) is 17.9. The highest BCUT2D eigenvalue weighted by Gasteiger charge is 2.06. The summed E-state index contributed by atoms with van der Waals surface area (Å²) in [7, 11) is 0. The van der Waals surface area contributed by atoms with Crippen LogP contribution in [0.25, 0.3) is 11.0 Å². The number of carbonyl (C=O) groups is 1. The summed E-state index contributed by atoms with van der Waals surface area (Å²) in [6.07, 6.45) is 4.13. The van der Waals surface area contributed by atoms with Gasteiger partial charge in [0.1, 0.15) is 0 Å². The van der Waals surface area contributed by atoms with E-state index in [4.69, 9.17) is 0 Å². The highest BCUT2D eigenvalue weighted by molar-refractivity contribution is 8.07. The van der Waals surface area contributed by atoms with Gasteiger partial charge in [0.2, 0.25) is 0 Å². The summed E-state index contributed by atoms with van der Waals surface area (Å²) in [6.45, 7) is 1.61. The number of benzene rings is 2. The van der Waals surface area contributed by atoms with Crippen LogP contribution in [0.1, 0.15) is 28.4 Å². The van der Waals surface area contributed by atoms with Gasteiger partial charge in [-0.2, -0.15) is 0 Å². The second-order valence-electron chi connectivity index (χ2n) is 4.22. The van der Waals surface area contributed by atoms with Crippen molar-refractivity contribution in [3.05, 3.63) is 71.3 Å². The Morgan fingerprint density at radius 1 is 1.00 bits per heavy atom. The average molecular weight is 268 g/mol. The van der Waals surface area contributed by atoms with E-state index in [1.54, 1.807) is 18.7 Å². The van der Waals surface area contributed by atoms with Crippen molar-refractivity contribution in [3.63, 3.8) is 0 Å². The van der Waals surface area contributed by atoms with Gasteiger partial charge in [-0.05, 0) is 30.4 Å². The Morgan fingerprint density at radius 3 is 2.26 bits per heavy atom. The summed E-state index contributed by atoms with van der Waals surface area (Å²) in [5.41, 5.74) is 2.92. The third-order valence-corrected chi connectivity index (χ3v) is 3.70. The van der Waals surface area contributed by atoms with Gasteiger partial charge in [-0.3, -0.25) is 4.79 Å². The third-order valence-electron chi connectivity index (χ3n) is 2.90. The topological polar surface area (TPSA) is 17.1 Å². The summed E-state index contributed by atoms with van der Waals surface area (Å²) < 4.78 is 0. The molecule has 19 heavy (non-hydrogen) atoms. The molecule has 1 nitrogen and oxygen atoms in total. The molecular formula is C17H16OS. The van der Waals surface area contributed by atoms with E-state index in [1.165, 1.54) is 5.56 Å². The minimum Gasteiger partial charge on any atom is -0.294 e. The second-order valence-corrected chi connectivity index (χ2v) is 5.07. The predicted molar refractivity (Wildman–Crippen MR) is 84.3 cm³/mol. The van der Waals surface area contributed by atoms with Crippen LogP contribution in [-0.4, -0.2) is 12.0 Å². The van der Waals surface area contributed by atoms with Gasteiger partial charge in [-0.25, -0.2) is 0 Å². The molecule has 0 radical (unpaired) electrons. The monoisotopic (exact) mass is 268 g/mol. The molecule has 2 aromatic carbocycles. The van der Waals surface area contributed by atoms with E-state index in [1.807, 2.05) is 42.5 Å². The molecule has 0 bridgehead atoms. The molecule has 0 aliphatic rings. The van der Waals surface area contributed by atoms with Crippen molar-refractivity contribution in [1.82, 2.24) is 0 Å². The largest absolute Gasteiger partial charge is 0.294 e. The highest BCUT2D eigenvalue weighted by Crippen LogP contribution is 2.28. The van der Waals surface area contributed by atoms with Crippen molar-refractivity contribution in [2.45, 2.75) is 6.92 Å². The van der Waals surface area contributed by atoms with E-state index in [9.17, 15) is 4.79 Å². The van der Waals surface area contributed by atoms with Crippen LogP contribution in [0.15, 0.2) is 54.6 Å². The minimum absolute atomic E-state index is 0.0976. The number of ketones is 1. The second kappa shape index (κ2) is 6.39. The quantitative estimate of drug-likeness (QED) is 0.588. The molecule has 2 aromatic rings. The number of carbonyl (C=O) groups excluding carboxylic acids is 1. The summed E-state index contributed by atoms with van der Waals surface area (Å²) in [4.78, 5) is 12.8.